The molecule has 0 spiro atoms. The molecule has 5 aromatic rings. The van der Waals surface area contributed by atoms with Crippen molar-refractivity contribution >= 4 is 77.9 Å². The van der Waals surface area contributed by atoms with Crippen molar-refractivity contribution in [2.75, 3.05) is 81.2 Å². The molecule has 14 nitrogen and oxygen atoms in total. The molecule has 3 fully saturated rings. The van der Waals surface area contributed by atoms with Crippen LogP contribution in [-0.4, -0.2) is 132 Å². The number of hydrogen-bond acceptors (Lipinski definition) is 13. The largest absolute Gasteiger partial charge is 0.501 e. The first-order valence-corrected chi connectivity index (χ1v) is 30.4. The van der Waals surface area contributed by atoms with Crippen LogP contribution in [0.5, 0.6) is 0 Å². The Morgan fingerprint density at radius 2 is 1.50 bits per heavy atom. The van der Waals surface area contributed by atoms with Crippen LogP contribution in [0.2, 0.25) is 5.02 Å². The average molecular weight is 1180 g/mol. The van der Waals surface area contributed by atoms with E-state index in [0.29, 0.717) is 38.4 Å². The number of allylic oxidation sites excluding steroid dienone is 1. The predicted octanol–water partition coefficient (Wildman–Crippen LogP) is 9.84. The van der Waals surface area contributed by atoms with Crippen LogP contribution in [0.25, 0.3) is 5.57 Å². The molecule has 0 saturated carbocycles. The van der Waals surface area contributed by atoms with Gasteiger partial charge in [-0.05, 0) is 127 Å². The first-order valence-electron chi connectivity index (χ1n) is 30.1. The Bertz CT molecular complexity index is 3660. The second-order valence-electron chi connectivity index (χ2n) is 21.0. The average Bonchev–Trinajstić information content (AvgIpc) is 0.752. The summed E-state index contributed by atoms with van der Waals surface area (Å²) in [6.07, 6.45) is 2.85. The van der Waals surface area contributed by atoms with Crippen molar-refractivity contribution in [2.24, 2.45) is 5.41 Å². The van der Waals surface area contributed by atoms with Gasteiger partial charge in [0.1, 0.15) is 4.90 Å². The highest BCUT2D eigenvalue weighted by atomic mass is 35.5. The molecule has 4 aliphatic rings. The van der Waals surface area contributed by atoms with Crippen molar-refractivity contribution in [2.45, 2.75) is 91.1 Å². The van der Waals surface area contributed by atoms with Gasteiger partial charge < -0.3 is 15.1 Å². The van der Waals surface area contributed by atoms with Crippen LogP contribution in [0.15, 0.2) is 142 Å². The number of carbonyl (C=O) groups excluding carboxylic acids is 3. The number of piperazine rings is 2. The smallest absolute Gasteiger partial charge is 0.380 e. The first kappa shape index (κ1) is 48.9. The van der Waals surface area contributed by atoms with Gasteiger partial charge in [0.2, 0.25) is 11.8 Å². The number of alkyl halides is 3. The Hall–Kier alpha value is -5.74. The van der Waals surface area contributed by atoms with Gasteiger partial charge in [-0.25, -0.2) is 21.6 Å². The lowest BCUT2D eigenvalue weighted by Crippen LogP contribution is -2.47. The molecule has 0 bridgehead atoms. The third kappa shape index (κ3) is 14.8. The third-order valence-electron chi connectivity index (χ3n) is 14.6. The molecular weight excluding hydrogens is 1110 g/mol. The van der Waals surface area contributed by atoms with Crippen molar-refractivity contribution in [1.82, 2.24) is 24.7 Å². The Labute approximate surface area is 487 Å². The maximum absolute atomic E-state index is 14.6. The fourth-order valence-electron chi connectivity index (χ4n) is 10.2. The van der Waals surface area contributed by atoms with Gasteiger partial charge in [-0.15, -0.1) is 11.8 Å². The monoisotopic (exact) mass is 1180 g/mol. The standard InChI is InChI=1S/C59H67ClF3N7O7S3/c1-58(2)26-24-51(42-12-16-46(60)17-13-42)45(37-58)39-69-32-34-70(35-33-69)48-18-14-44(15-19-48)56(72)66-80(76,77)50-20-22-53(54(36-50)79(74,75)59(61,62)63)64-47(40-78-49-6-4-3-5-7-49)25-27-67-28-30-68(31-29-67)38-41-8-10-43(11-9-41)52-21-23-55(71)65-57(52)73/h3-20,22,36,47,52,64H,21,23-35,37-40H2,1-2H3,(H,66,72)(H,65,71,73)/t47-,52?/m1/s1/i28D2,29D2,30D2,31D2. The lowest BCUT2D eigenvalue weighted by Gasteiger charge is -2.39. The van der Waals surface area contributed by atoms with Crippen molar-refractivity contribution < 1.29 is 55.4 Å². The van der Waals surface area contributed by atoms with E-state index < -0.39 is 116 Å². The fourth-order valence-corrected chi connectivity index (χ4v) is 13.3. The Balaban J connectivity index is 0.902. The van der Waals surface area contributed by atoms with E-state index in [1.54, 1.807) is 42.5 Å². The number of nitrogens with zero attached hydrogens (tertiary/aromatic N) is 4. The van der Waals surface area contributed by atoms with Gasteiger partial charge in [0.25, 0.3) is 25.8 Å². The van der Waals surface area contributed by atoms with Gasteiger partial charge in [-0.3, -0.25) is 29.5 Å². The maximum atomic E-state index is 14.6. The first-order chi connectivity index (χ1) is 41.1. The maximum Gasteiger partial charge on any atom is 0.501 e. The normalized spacial score (nSPS) is 23.4. The summed E-state index contributed by atoms with van der Waals surface area (Å²) in [4.78, 5) is 41.1. The molecule has 2 atom stereocenters. The zero-order valence-electron chi connectivity index (χ0n) is 52.0. The fraction of sp³-hybridized carbons (Fsp3) is 0.407. The SMILES string of the molecule is [2H]C1([2H])N(CC[C@H](CSc2ccccc2)Nc2ccc(S(=O)(=O)NC(=O)c3ccc(N4CCN(CC5=C(c6ccc(Cl)cc6)CCC(C)(C)C5)CC4)cc3)cc2S(=O)(=O)C(F)(F)F)C([2H])([2H])C([2H])([2H])N(Cc2ccc(C3CCC(=O)NC3=O)cc2)C1([2H])[2H]. The van der Waals surface area contributed by atoms with Gasteiger partial charge in [-0.1, -0.05) is 85.6 Å². The summed E-state index contributed by atoms with van der Waals surface area (Å²) in [6.45, 7) is -6.57. The third-order valence-corrected chi connectivity index (χ3v) is 18.9. The van der Waals surface area contributed by atoms with E-state index in [1.807, 2.05) is 16.9 Å². The van der Waals surface area contributed by atoms with E-state index in [-0.39, 0.29) is 41.2 Å². The molecule has 3 heterocycles. The molecule has 21 heteroatoms. The van der Waals surface area contributed by atoms with Crippen molar-refractivity contribution in [3.05, 3.63) is 154 Å². The summed E-state index contributed by atoms with van der Waals surface area (Å²) in [6, 6.07) is 29.0. The summed E-state index contributed by atoms with van der Waals surface area (Å²) >= 11 is 7.31. The molecule has 80 heavy (non-hydrogen) atoms. The van der Waals surface area contributed by atoms with Gasteiger partial charge in [0.15, 0.2) is 0 Å². The molecule has 1 unspecified atom stereocenters. The number of hydrogen-bond donors (Lipinski definition) is 3. The quantitative estimate of drug-likeness (QED) is 0.0529. The molecular formula is C59H67ClF3N7O7S3. The van der Waals surface area contributed by atoms with Crippen LogP contribution in [0.4, 0.5) is 24.5 Å². The number of halogens is 4. The van der Waals surface area contributed by atoms with Gasteiger partial charge >= 0.3 is 5.51 Å². The topological polar surface area (TPSA) is 169 Å². The second kappa shape index (κ2) is 25.2. The number of imide groups is 1. The number of rotatable bonds is 19. The lowest BCUT2D eigenvalue weighted by molar-refractivity contribution is -0.134. The summed E-state index contributed by atoms with van der Waals surface area (Å²) in [7, 11) is -11.5. The summed E-state index contributed by atoms with van der Waals surface area (Å²) in [5.41, 5.74) is -1.33. The molecule has 426 valence electrons. The molecule has 3 aliphatic heterocycles. The zero-order valence-corrected chi connectivity index (χ0v) is 47.2. The molecule has 9 rings (SSSR count). The highest BCUT2D eigenvalue weighted by molar-refractivity contribution is 7.99. The minimum absolute atomic E-state index is 0.100. The molecule has 5 aromatic carbocycles. The van der Waals surface area contributed by atoms with Crippen LogP contribution < -0.4 is 20.3 Å². The van der Waals surface area contributed by atoms with E-state index in [1.165, 1.54) is 53.1 Å². The Kier molecular flexibility index (Phi) is 15.4. The van der Waals surface area contributed by atoms with Gasteiger partial charge in [0.05, 0.1) is 16.5 Å². The summed E-state index contributed by atoms with van der Waals surface area (Å²) in [5, 5.41) is 5.65. The number of benzene rings is 5. The molecule has 3 amide bonds. The van der Waals surface area contributed by atoms with Crippen molar-refractivity contribution in [1.29, 1.82) is 0 Å². The van der Waals surface area contributed by atoms with Crippen LogP contribution in [0.3, 0.4) is 0 Å². The number of anilines is 2. The van der Waals surface area contributed by atoms with Crippen molar-refractivity contribution in [3.63, 3.8) is 0 Å². The number of amides is 3. The lowest BCUT2D eigenvalue weighted by atomic mass is 9.73. The van der Waals surface area contributed by atoms with Crippen LogP contribution in [0.1, 0.15) is 96.3 Å². The highest BCUT2D eigenvalue weighted by Crippen LogP contribution is 2.43. The van der Waals surface area contributed by atoms with Crippen LogP contribution in [-0.2, 0) is 36.0 Å². The molecule has 3 saturated heterocycles. The van der Waals surface area contributed by atoms with E-state index >= 15 is 0 Å². The number of thioether (sulfide) groups is 1. The highest BCUT2D eigenvalue weighted by Gasteiger charge is 2.48. The van der Waals surface area contributed by atoms with Gasteiger partial charge in [-0.2, -0.15) is 13.2 Å². The number of piperidine rings is 1. The number of sulfonamides is 1. The Morgan fingerprint density at radius 3 is 2.16 bits per heavy atom. The van der Waals surface area contributed by atoms with Crippen molar-refractivity contribution in [3.8, 4) is 0 Å². The molecule has 0 radical (unpaired) electrons. The number of carbonyl (C=O) groups is 3. The number of sulfone groups is 1. The van der Waals surface area contributed by atoms with E-state index in [9.17, 15) is 44.4 Å². The van der Waals surface area contributed by atoms with E-state index in [0.717, 1.165) is 68.5 Å². The molecule has 3 N–H and O–H groups in total. The minimum atomic E-state index is -6.40. The van der Waals surface area contributed by atoms with Crippen LogP contribution in [0, 0.1) is 5.41 Å². The number of nitrogens with one attached hydrogen (secondary N) is 3. The summed E-state index contributed by atoms with van der Waals surface area (Å²) < 4.78 is 173. The minimum Gasteiger partial charge on any atom is -0.380 e. The summed E-state index contributed by atoms with van der Waals surface area (Å²) in [5.74, 6) is -2.92. The van der Waals surface area contributed by atoms with Gasteiger partial charge in [0, 0.05) is 122 Å². The Morgan fingerprint density at radius 1 is 0.825 bits per heavy atom. The molecule has 1 aliphatic carbocycles. The van der Waals surface area contributed by atoms with Crippen LogP contribution >= 0.6 is 23.4 Å². The zero-order chi connectivity index (χ0) is 64.0. The van der Waals surface area contributed by atoms with E-state index in [4.69, 9.17) is 22.6 Å². The van der Waals surface area contributed by atoms with E-state index in [2.05, 4.69) is 46.4 Å². The predicted molar refractivity (Wildman–Crippen MR) is 308 cm³/mol. The molecule has 0 aromatic heterocycles. The second-order valence-corrected chi connectivity index (χ2v) is 26.1.